The van der Waals surface area contributed by atoms with Gasteiger partial charge in [-0.1, -0.05) is 0 Å². The molecule has 0 bridgehead atoms. The highest BCUT2D eigenvalue weighted by Gasteiger charge is 2.32. The van der Waals surface area contributed by atoms with Crippen LogP contribution in [0.1, 0.15) is 26.7 Å². The smallest absolute Gasteiger partial charge is 0.225 e. The lowest BCUT2D eigenvalue weighted by Gasteiger charge is -2.37. The van der Waals surface area contributed by atoms with Gasteiger partial charge in [0.15, 0.2) is 0 Å². The molecule has 2 aliphatic heterocycles. The van der Waals surface area contributed by atoms with E-state index in [4.69, 9.17) is 4.74 Å². The number of nitrogens with one attached hydrogen (secondary N) is 2. The molecule has 0 aromatic rings. The van der Waals surface area contributed by atoms with Gasteiger partial charge in [0.2, 0.25) is 5.91 Å². The van der Waals surface area contributed by atoms with Crippen LogP contribution >= 0.6 is 0 Å². The van der Waals surface area contributed by atoms with E-state index in [0.29, 0.717) is 6.04 Å². The van der Waals surface area contributed by atoms with E-state index in [9.17, 15) is 4.79 Å². The number of carbonyl (C=O) groups is 1. The van der Waals surface area contributed by atoms with E-state index < -0.39 is 0 Å². The fraction of sp³-hybridized carbons (Fsp3) is 0.909. The molecule has 1 atom stereocenters. The molecule has 2 rings (SSSR count). The van der Waals surface area contributed by atoms with E-state index in [0.717, 1.165) is 32.5 Å². The summed E-state index contributed by atoms with van der Waals surface area (Å²) in [5.74, 6) is 0.396. The van der Waals surface area contributed by atoms with Gasteiger partial charge in [0.25, 0.3) is 0 Å². The molecule has 15 heavy (non-hydrogen) atoms. The molecule has 2 fully saturated rings. The summed E-state index contributed by atoms with van der Waals surface area (Å²) in [6.07, 6.45) is 1.86. The Morgan fingerprint density at radius 3 is 2.73 bits per heavy atom. The van der Waals surface area contributed by atoms with Crippen molar-refractivity contribution >= 4 is 5.91 Å². The highest BCUT2D eigenvalue weighted by molar-refractivity contribution is 5.80. The molecule has 1 unspecified atom stereocenters. The van der Waals surface area contributed by atoms with Crippen LogP contribution in [0, 0.1) is 5.92 Å². The molecule has 0 aliphatic carbocycles. The lowest BCUT2D eigenvalue weighted by molar-refractivity contribution is -0.129. The summed E-state index contributed by atoms with van der Waals surface area (Å²) in [6.45, 7) is 6.57. The van der Waals surface area contributed by atoms with Crippen LogP contribution in [0.3, 0.4) is 0 Å². The minimum atomic E-state index is -0.0892. The van der Waals surface area contributed by atoms with Crippen molar-refractivity contribution in [2.45, 2.75) is 38.3 Å². The number of hydrogen-bond acceptors (Lipinski definition) is 3. The first-order chi connectivity index (χ1) is 7.07. The Kier molecular flexibility index (Phi) is 2.98. The second kappa shape index (κ2) is 4.10. The molecule has 2 heterocycles. The van der Waals surface area contributed by atoms with Crippen molar-refractivity contribution in [2.75, 3.05) is 19.7 Å². The first-order valence-electron chi connectivity index (χ1n) is 5.72. The molecule has 2 saturated heterocycles. The van der Waals surface area contributed by atoms with Crippen LogP contribution in [0.25, 0.3) is 0 Å². The zero-order chi connectivity index (χ0) is 10.9. The zero-order valence-corrected chi connectivity index (χ0v) is 9.51. The Labute approximate surface area is 90.8 Å². The summed E-state index contributed by atoms with van der Waals surface area (Å²) < 4.78 is 5.61. The van der Waals surface area contributed by atoms with Gasteiger partial charge in [-0.25, -0.2) is 0 Å². The third-order valence-electron chi connectivity index (χ3n) is 3.20. The van der Waals surface area contributed by atoms with E-state index in [-0.39, 0.29) is 17.4 Å². The normalized spacial score (nSPS) is 30.7. The maximum atomic E-state index is 11.7. The molecule has 4 nitrogen and oxygen atoms in total. The Morgan fingerprint density at radius 2 is 2.20 bits per heavy atom. The van der Waals surface area contributed by atoms with Crippen molar-refractivity contribution in [3.8, 4) is 0 Å². The van der Waals surface area contributed by atoms with Gasteiger partial charge in [0, 0.05) is 25.7 Å². The van der Waals surface area contributed by atoms with Crippen LogP contribution < -0.4 is 10.6 Å². The highest BCUT2D eigenvalue weighted by atomic mass is 16.5. The fourth-order valence-electron chi connectivity index (χ4n) is 2.15. The van der Waals surface area contributed by atoms with E-state index >= 15 is 0 Å². The van der Waals surface area contributed by atoms with Crippen molar-refractivity contribution in [3.63, 3.8) is 0 Å². The zero-order valence-electron chi connectivity index (χ0n) is 9.51. The van der Waals surface area contributed by atoms with Crippen LogP contribution in [0.4, 0.5) is 0 Å². The van der Waals surface area contributed by atoms with Crippen LogP contribution in [0.5, 0.6) is 0 Å². The standard InChI is InChI=1S/C11H20N2O2/c1-11(2)5-9(3-4-15-11)13-10(14)8-6-12-7-8/h8-9,12H,3-7H2,1-2H3,(H,13,14). The minimum Gasteiger partial charge on any atom is -0.375 e. The molecule has 2 N–H and O–H groups in total. The predicted octanol–water partition coefficient (Wildman–Crippen LogP) is 0.280. The maximum Gasteiger partial charge on any atom is 0.225 e. The molecule has 0 saturated carbocycles. The topological polar surface area (TPSA) is 50.4 Å². The van der Waals surface area contributed by atoms with Crippen LogP contribution in [-0.2, 0) is 9.53 Å². The average Bonchev–Trinajstić information content (AvgIpc) is 1.97. The number of carbonyl (C=O) groups excluding carboxylic acids is 1. The first kappa shape index (κ1) is 10.9. The molecule has 0 spiro atoms. The summed E-state index contributed by atoms with van der Waals surface area (Å²) >= 11 is 0. The van der Waals surface area contributed by atoms with Gasteiger partial charge in [-0.3, -0.25) is 4.79 Å². The molecular formula is C11H20N2O2. The Hall–Kier alpha value is -0.610. The van der Waals surface area contributed by atoms with Gasteiger partial charge < -0.3 is 15.4 Å². The summed E-state index contributed by atoms with van der Waals surface area (Å²) in [4.78, 5) is 11.7. The quantitative estimate of drug-likeness (QED) is 0.691. The molecule has 0 radical (unpaired) electrons. The molecule has 2 aliphatic rings. The second-order valence-corrected chi connectivity index (χ2v) is 5.16. The number of rotatable bonds is 2. The Bertz CT molecular complexity index is 249. The lowest BCUT2D eigenvalue weighted by Crippen LogP contribution is -2.54. The van der Waals surface area contributed by atoms with Gasteiger partial charge in [0.1, 0.15) is 0 Å². The molecule has 0 aromatic carbocycles. The molecule has 86 valence electrons. The number of hydrogen-bond donors (Lipinski definition) is 2. The Morgan fingerprint density at radius 1 is 1.47 bits per heavy atom. The molecular weight excluding hydrogens is 192 g/mol. The van der Waals surface area contributed by atoms with Gasteiger partial charge in [-0.15, -0.1) is 0 Å². The first-order valence-corrected chi connectivity index (χ1v) is 5.72. The van der Waals surface area contributed by atoms with Gasteiger partial charge in [0.05, 0.1) is 11.5 Å². The second-order valence-electron chi connectivity index (χ2n) is 5.16. The van der Waals surface area contributed by atoms with Crippen molar-refractivity contribution in [3.05, 3.63) is 0 Å². The lowest BCUT2D eigenvalue weighted by atomic mass is 9.93. The summed E-state index contributed by atoms with van der Waals surface area (Å²) in [5.41, 5.74) is -0.0892. The van der Waals surface area contributed by atoms with Crippen molar-refractivity contribution in [2.24, 2.45) is 5.92 Å². The van der Waals surface area contributed by atoms with Crippen molar-refractivity contribution in [1.82, 2.24) is 10.6 Å². The summed E-state index contributed by atoms with van der Waals surface area (Å²) in [6, 6.07) is 0.293. The number of ether oxygens (including phenoxy) is 1. The van der Waals surface area contributed by atoms with E-state index in [1.807, 2.05) is 0 Å². The van der Waals surface area contributed by atoms with E-state index in [1.54, 1.807) is 0 Å². The largest absolute Gasteiger partial charge is 0.375 e. The van der Waals surface area contributed by atoms with Crippen LogP contribution in [0.15, 0.2) is 0 Å². The van der Waals surface area contributed by atoms with Gasteiger partial charge >= 0.3 is 0 Å². The average molecular weight is 212 g/mol. The molecule has 4 heteroatoms. The SMILES string of the molecule is CC1(C)CC(NC(=O)C2CNC2)CCO1. The third-order valence-corrected chi connectivity index (χ3v) is 3.20. The fourth-order valence-corrected chi connectivity index (χ4v) is 2.15. The monoisotopic (exact) mass is 212 g/mol. The summed E-state index contributed by atoms with van der Waals surface area (Å²) in [5, 5.41) is 6.23. The Balaban J connectivity index is 1.80. The maximum absolute atomic E-state index is 11.7. The summed E-state index contributed by atoms with van der Waals surface area (Å²) in [7, 11) is 0. The third kappa shape index (κ3) is 2.69. The van der Waals surface area contributed by atoms with Crippen LogP contribution in [0.2, 0.25) is 0 Å². The molecule has 0 aromatic heterocycles. The van der Waals surface area contributed by atoms with Gasteiger partial charge in [-0.05, 0) is 26.7 Å². The predicted molar refractivity (Wildman–Crippen MR) is 57.6 cm³/mol. The molecule has 1 amide bonds. The van der Waals surface area contributed by atoms with E-state index in [2.05, 4.69) is 24.5 Å². The van der Waals surface area contributed by atoms with Crippen LogP contribution in [-0.4, -0.2) is 37.2 Å². The van der Waals surface area contributed by atoms with Crippen molar-refractivity contribution < 1.29 is 9.53 Å². The highest BCUT2D eigenvalue weighted by Crippen LogP contribution is 2.24. The van der Waals surface area contributed by atoms with Crippen molar-refractivity contribution in [1.29, 1.82) is 0 Å². The number of amides is 1. The van der Waals surface area contributed by atoms with Gasteiger partial charge in [-0.2, -0.15) is 0 Å². The minimum absolute atomic E-state index is 0.0892. The van der Waals surface area contributed by atoms with E-state index in [1.165, 1.54) is 0 Å².